The minimum Gasteiger partial charge on any atom is -0.497 e. The molecule has 0 radical (unpaired) electrons. The zero-order chi connectivity index (χ0) is 22.1. The number of nitrogens with zero attached hydrogens (tertiary/aromatic N) is 1. The van der Waals surface area contributed by atoms with E-state index in [0.717, 1.165) is 24.5 Å². The van der Waals surface area contributed by atoms with E-state index in [1.807, 2.05) is 38.1 Å². The molecule has 1 aliphatic rings. The summed E-state index contributed by atoms with van der Waals surface area (Å²) < 4.78 is 11.0. The van der Waals surface area contributed by atoms with Crippen LogP contribution in [0, 0.1) is 0 Å². The second-order valence-electron chi connectivity index (χ2n) is 7.14. The Kier molecular flexibility index (Phi) is 8.55. The van der Waals surface area contributed by atoms with Crippen LogP contribution in [0.4, 0.5) is 5.69 Å². The van der Waals surface area contributed by atoms with E-state index in [1.54, 1.807) is 7.11 Å². The number of benzene rings is 2. The first-order valence-electron chi connectivity index (χ1n) is 10.7. The van der Waals surface area contributed by atoms with Crippen molar-refractivity contribution in [3.63, 3.8) is 0 Å². The van der Waals surface area contributed by atoms with Gasteiger partial charge in [-0.3, -0.25) is 0 Å². The lowest BCUT2D eigenvalue weighted by atomic mass is 9.76. The van der Waals surface area contributed by atoms with Crippen molar-refractivity contribution in [1.29, 1.82) is 0 Å². The fourth-order valence-electron chi connectivity index (χ4n) is 4.07. The number of aliphatic hydroxyl groups excluding tert-OH is 1. The maximum Gasteiger partial charge on any atom is 0.119 e. The summed E-state index contributed by atoms with van der Waals surface area (Å²) in [6.07, 6.45) is 4.84. The molecule has 2 aromatic rings. The monoisotopic (exact) mass is 409 g/mol. The van der Waals surface area contributed by atoms with E-state index in [0.29, 0.717) is 6.61 Å². The van der Waals surface area contributed by atoms with Crippen LogP contribution < -0.4 is 14.4 Å². The van der Waals surface area contributed by atoms with Gasteiger partial charge in [0.15, 0.2) is 0 Å². The lowest BCUT2D eigenvalue weighted by Crippen LogP contribution is -2.30. The molecule has 162 valence electrons. The van der Waals surface area contributed by atoms with E-state index in [2.05, 4.69) is 55.7 Å². The average Bonchev–Trinajstić information content (AvgIpc) is 3.01. The van der Waals surface area contributed by atoms with Gasteiger partial charge in [0.05, 0.1) is 13.7 Å². The smallest absolute Gasteiger partial charge is 0.119 e. The third-order valence-corrected chi connectivity index (χ3v) is 5.38. The van der Waals surface area contributed by atoms with Gasteiger partial charge in [-0.2, -0.15) is 0 Å². The second kappa shape index (κ2) is 10.9. The number of fused-ring (bicyclic) bond motifs is 1. The van der Waals surface area contributed by atoms with Gasteiger partial charge in [0.2, 0.25) is 0 Å². The van der Waals surface area contributed by atoms with Gasteiger partial charge >= 0.3 is 0 Å². The van der Waals surface area contributed by atoms with Gasteiger partial charge in [-0.25, -0.2) is 0 Å². The summed E-state index contributed by atoms with van der Waals surface area (Å²) in [6.45, 7) is 13.6. The molecule has 0 amide bonds. The van der Waals surface area contributed by atoms with Gasteiger partial charge in [-0.15, -0.1) is 0 Å². The molecule has 2 aromatic carbocycles. The Morgan fingerprint density at radius 3 is 2.33 bits per heavy atom. The Bertz CT molecular complexity index is 857. The predicted molar refractivity (Wildman–Crippen MR) is 126 cm³/mol. The fourth-order valence-corrected chi connectivity index (χ4v) is 4.07. The molecule has 30 heavy (non-hydrogen) atoms. The average molecular weight is 410 g/mol. The van der Waals surface area contributed by atoms with Crippen LogP contribution >= 0.6 is 0 Å². The molecule has 1 aliphatic heterocycles. The predicted octanol–water partition coefficient (Wildman–Crippen LogP) is 5.50. The molecule has 1 unspecified atom stereocenters. The van der Waals surface area contributed by atoms with Crippen molar-refractivity contribution >= 4 is 5.69 Å². The number of likely N-dealkylation sites (N-methyl/N-ethyl adjacent to an activating group) is 1. The van der Waals surface area contributed by atoms with Gasteiger partial charge in [0.1, 0.15) is 18.1 Å². The number of hydrogen-bond acceptors (Lipinski definition) is 4. The van der Waals surface area contributed by atoms with E-state index < -0.39 is 0 Å². The van der Waals surface area contributed by atoms with E-state index in [1.165, 1.54) is 22.5 Å². The molecule has 0 saturated heterocycles. The third-order valence-electron chi connectivity index (χ3n) is 5.38. The largest absolute Gasteiger partial charge is 0.497 e. The van der Waals surface area contributed by atoms with Crippen molar-refractivity contribution in [3.8, 4) is 11.5 Å². The van der Waals surface area contributed by atoms with Crippen LogP contribution in [0.15, 0.2) is 66.9 Å². The summed E-state index contributed by atoms with van der Waals surface area (Å²) in [4.78, 5) is 2.36. The van der Waals surface area contributed by atoms with Crippen LogP contribution in [0.5, 0.6) is 11.5 Å². The van der Waals surface area contributed by atoms with Crippen molar-refractivity contribution in [1.82, 2.24) is 0 Å². The second-order valence-corrected chi connectivity index (χ2v) is 7.14. The number of allylic oxidation sites excluding steroid dienone is 3. The molecule has 0 bridgehead atoms. The van der Waals surface area contributed by atoms with E-state index >= 15 is 0 Å². The summed E-state index contributed by atoms with van der Waals surface area (Å²) >= 11 is 0. The number of methoxy groups -OCH3 is 1. The van der Waals surface area contributed by atoms with Gasteiger partial charge in [0, 0.05) is 23.3 Å². The summed E-state index contributed by atoms with van der Waals surface area (Å²) in [6, 6.07) is 14.4. The summed E-state index contributed by atoms with van der Waals surface area (Å²) in [7, 11) is 1.71. The Labute approximate surface area is 181 Å². The standard InChI is InChI=1S/C24H29NO3.C2H6/c1-5-7-23-24(3,17-18-8-10-19(11-9-18)28-15-14-26)21-16-20(27-4)12-13-22(21)25(23)6-2;1-2/h5,7-13,16,26H,1,6,14-15,17H2,2-4H3;1-2H3/b23-7-;. The van der Waals surface area contributed by atoms with Crippen molar-refractivity contribution in [3.05, 3.63) is 78.0 Å². The number of ether oxygens (including phenoxy) is 2. The highest BCUT2D eigenvalue weighted by Crippen LogP contribution is 2.50. The molecule has 0 aliphatic carbocycles. The molecular weight excluding hydrogens is 374 g/mol. The van der Waals surface area contributed by atoms with Crippen LogP contribution in [0.25, 0.3) is 0 Å². The Balaban J connectivity index is 0.00000155. The highest BCUT2D eigenvalue weighted by atomic mass is 16.5. The van der Waals surface area contributed by atoms with Crippen molar-refractivity contribution in [2.24, 2.45) is 0 Å². The Morgan fingerprint density at radius 1 is 1.10 bits per heavy atom. The van der Waals surface area contributed by atoms with Crippen LogP contribution in [-0.2, 0) is 11.8 Å². The molecule has 0 fully saturated rings. The minimum absolute atomic E-state index is 0.0149. The van der Waals surface area contributed by atoms with Gasteiger partial charge < -0.3 is 19.5 Å². The van der Waals surface area contributed by atoms with Gasteiger partial charge in [0.25, 0.3) is 0 Å². The van der Waals surface area contributed by atoms with Crippen LogP contribution in [-0.4, -0.2) is 32.0 Å². The lowest BCUT2D eigenvalue weighted by molar-refractivity contribution is 0.201. The summed E-state index contributed by atoms with van der Waals surface area (Å²) in [5, 5.41) is 8.92. The quantitative estimate of drug-likeness (QED) is 0.625. The van der Waals surface area contributed by atoms with E-state index in [9.17, 15) is 0 Å². The molecule has 1 N–H and O–H groups in total. The SMILES string of the molecule is C=C/C=C1\N(CC)c2ccc(OC)cc2C1(C)Cc1ccc(OCCO)cc1.CC. The van der Waals surface area contributed by atoms with Crippen LogP contribution in [0.3, 0.4) is 0 Å². The highest BCUT2D eigenvalue weighted by Gasteiger charge is 2.43. The van der Waals surface area contributed by atoms with E-state index in [4.69, 9.17) is 14.6 Å². The van der Waals surface area contributed by atoms with Gasteiger partial charge in [-0.1, -0.05) is 38.6 Å². The first-order valence-corrected chi connectivity index (χ1v) is 10.7. The number of rotatable bonds is 8. The maximum absolute atomic E-state index is 8.92. The molecule has 1 heterocycles. The van der Waals surface area contributed by atoms with Gasteiger partial charge in [-0.05, 0) is 67.8 Å². The van der Waals surface area contributed by atoms with Crippen LogP contribution in [0.2, 0.25) is 0 Å². The molecule has 4 heteroatoms. The fraction of sp³-hybridized carbons (Fsp3) is 0.385. The molecule has 1 atom stereocenters. The first-order chi connectivity index (χ1) is 14.6. The zero-order valence-electron chi connectivity index (χ0n) is 18.9. The van der Waals surface area contributed by atoms with Crippen molar-refractivity contribution in [2.45, 2.75) is 39.5 Å². The Hall–Kier alpha value is -2.72. The van der Waals surface area contributed by atoms with Crippen LogP contribution in [0.1, 0.15) is 38.8 Å². The molecule has 0 aromatic heterocycles. The molecule has 3 rings (SSSR count). The molecule has 4 nitrogen and oxygen atoms in total. The number of hydrogen-bond donors (Lipinski definition) is 1. The van der Waals surface area contributed by atoms with E-state index in [-0.39, 0.29) is 12.0 Å². The number of aliphatic hydroxyl groups is 1. The highest BCUT2D eigenvalue weighted by molar-refractivity contribution is 5.72. The summed E-state index contributed by atoms with van der Waals surface area (Å²) in [5.74, 6) is 1.64. The lowest BCUT2D eigenvalue weighted by Gasteiger charge is -2.30. The molecular formula is C26H35NO3. The van der Waals surface area contributed by atoms with Crippen molar-refractivity contribution in [2.75, 3.05) is 31.8 Å². The molecule has 0 spiro atoms. The zero-order valence-corrected chi connectivity index (χ0v) is 18.9. The first kappa shape index (κ1) is 23.6. The Morgan fingerprint density at radius 2 is 1.77 bits per heavy atom. The topological polar surface area (TPSA) is 41.9 Å². The maximum atomic E-state index is 8.92. The van der Waals surface area contributed by atoms with Crippen molar-refractivity contribution < 1.29 is 14.6 Å². The third kappa shape index (κ3) is 4.71. The summed E-state index contributed by atoms with van der Waals surface area (Å²) in [5.41, 5.74) is 4.76. The number of anilines is 1. The normalized spacial score (nSPS) is 18.5. The molecule has 0 saturated carbocycles. The minimum atomic E-state index is -0.193.